The number of rotatable bonds is 5. The maximum absolute atomic E-state index is 12.1. The first-order chi connectivity index (χ1) is 9.79. The third-order valence-corrected chi connectivity index (χ3v) is 4.13. The van der Waals surface area contributed by atoms with Crippen molar-refractivity contribution in [1.82, 2.24) is 15.1 Å². The molecule has 0 aliphatic rings. The van der Waals surface area contributed by atoms with E-state index >= 15 is 0 Å². The van der Waals surface area contributed by atoms with Crippen LogP contribution in [-0.4, -0.2) is 38.7 Å². The van der Waals surface area contributed by atoms with Crippen LogP contribution in [0, 0.1) is 6.92 Å². The number of carbonyl (C=O) groups is 3. The molecule has 112 valence electrons. The predicted molar refractivity (Wildman–Crippen MR) is 76.0 cm³/mol. The Hall–Kier alpha value is -2.42. The van der Waals surface area contributed by atoms with E-state index in [1.165, 1.54) is 11.3 Å². The zero-order valence-electron chi connectivity index (χ0n) is 11.4. The van der Waals surface area contributed by atoms with Gasteiger partial charge in [-0.25, -0.2) is 4.79 Å². The molecule has 0 saturated carbocycles. The first-order valence-corrected chi connectivity index (χ1v) is 6.86. The molecule has 2 aromatic heterocycles. The standard InChI is InChI=1S/C12H14N4O4S/c1-5-6-3-8(21-11(6)16(2)15-5)10(18)14-7(12(19)20)4-9(13)17/h3,7H,4H2,1-2H3,(H2,13,17)(H,14,18)(H,19,20)/t7-/m1/s1. The summed E-state index contributed by atoms with van der Waals surface area (Å²) in [5, 5.41) is 16.3. The van der Waals surface area contributed by atoms with Crippen molar-refractivity contribution < 1.29 is 19.5 Å². The first-order valence-electron chi connectivity index (χ1n) is 6.04. The monoisotopic (exact) mass is 310 g/mol. The van der Waals surface area contributed by atoms with Crippen LogP contribution in [0.4, 0.5) is 0 Å². The molecule has 0 bridgehead atoms. The second-order valence-corrected chi connectivity index (χ2v) is 5.60. The van der Waals surface area contributed by atoms with E-state index in [0.717, 1.165) is 15.9 Å². The van der Waals surface area contributed by atoms with Crippen molar-refractivity contribution in [3.8, 4) is 0 Å². The van der Waals surface area contributed by atoms with Crippen molar-refractivity contribution in [3.63, 3.8) is 0 Å². The van der Waals surface area contributed by atoms with E-state index in [-0.39, 0.29) is 0 Å². The molecule has 0 aliphatic heterocycles. The number of hydrogen-bond acceptors (Lipinski definition) is 5. The van der Waals surface area contributed by atoms with Crippen LogP contribution in [0.25, 0.3) is 10.2 Å². The van der Waals surface area contributed by atoms with Gasteiger partial charge >= 0.3 is 5.97 Å². The van der Waals surface area contributed by atoms with Crippen molar-refractivity contribution in [1.29, 1.82) is 0 Å². The van der Waals surface area contributed by atoms with E-state index in [4.69, 9.17) is 10.8 Å². The maximum Gasteiger partial charge on any atom is 0.326 e. The molecule has 2 heterocycles. The third-order valence-electron chi connectivity index (χ3n) is 2.93. The topological polar surface area (TPSA) is 127 Å². The normalized spacial score (nSPS) is 12.3. The molecule has 9 heteroatoms. The Labute approximate surface area is 123 Å². The highest BCUT2D eigenvalue weighted by molar-refractivity contribution is 7.20. The fraction of sp³-hybridized carbons (Fsp3) is 0.333. The summed E-state index contributed by atoms with van der Waals surface area (Å²) in [6.45, 7) is 1.82. The highest BCUT2D eigenvalue weighted by Gasteiger charge is 2.24. The minimum Gasteiger partial charge on any atom is -0.480 e. The van der Waals surface area contributed by atoms with Gasteiger partial charge < -0.3 is 16.2 Å². The van der Waals surface area contributed by atoms with Gasteiger partial charge in [-0.2, -0.15) is 5.10 Å². The van der Waals surface area contributed by atoms with Crippen molar-refractivity contribution in [3.05, 3.63) is 16.6 Å². The van der Waals surface area contributed by atoms with Crippen LogP contribution in [0.1, 0.15) is 21.8 Å². The molecule has 0 fully saturated rings. The smallest absolute Gasteiger partial charge is 0.326 e. The number of nitrogens with one attached hydrogen (secondary N) is 1. The second-order valence-electron chi connectivity index (χ2n) is 4.57. The van der Waals surface area contributed by atoms with Crippen LogP contribution in [-0.2, 0) is 16.6 Å². The fourth-order valence-electron chi connectivity index (χ4n) is 1.95. The van der Waals surface area contributed by atoms with Gasteiger partial charge in [0.15, 0.2) is 0 Å². The Kier molecular flexibility index (Phi) is 3.94. The van der Waals surface area contributed by atoms with Gasteiger partial charge in [0.25, 0.3) is 5.91 Å². The molecule has 2 aromatic rings. The molecular weight excluding hydrogens is 296 g/mol. The van der Waals surface area contributed by atoms with E-state index in [0.29, 0.717) is 4.88 Å². The van der Waals surface area contributed by atoms with Crippen LogP contribution in [0.2, 0.25) is 0 Å². The Bertz CT molecular complexity index is 699. The number of nitrogens with two attached hydrogens (primary N) is 1. The minimum absolute atomic E-state index is 0.358. The van der Waals surface area contributed by atoms with Crippen molar-refractivity contribution >= 4 is 39.3 Å². The van der Waals surface area contributed by atoms with Crippen molar-refractivity contribution in [2.45, 2.75) is 19.4 Å². The van der Waals surface area contributed by atoms with E-state index in [1.807, 2.05) is 6.92 Å². The second kappa shape index (κ2) is 5.52. The highest BCUT2D eigenvalue weighted by atomic mass is 32.1. The largest absolute Gasteiger partial charge is 0.480 e. The van der Waals surface area contributed by atoms with Crippen LogP contribution in [0.5, 0.6) is 0 Å². The number of amides is 2. The number of aromatic nitrogens is 2. The maximum atomic E-state index is 12.1. The first kappa shape index (κ1) is 15.0. The lowest BCUT2D eigenvalue weighted by Gasteiger charge is -2.11. The Morgan fingerprint density at radius 2 is 2.19 bits per heavy atom. The average molecular weight is 310 g/mol. The van der Waals surface area contributed by atoms with Gasteiger partial charge in [0, 0.05) is 12.4 Å². The molecule has 1 atom stereocenters. The zero-order chi connectivity index (χ0) is 15.7. The number of aryl methyl sites for hydroxylation is 2. The molecule has 4 N–H and O–H groups in total. The summed E-state index contributed by atoms with van der Waals surface area (Å²) in [4.78, 5) is 35.1. The number of primary amides is 1. The van der Waals surface area contributed by atoms with Gasteiger partial charge in [0.2, 0.25) is 5.91 Å². The lowest BCUT2D eigenvalue weighted by atomic mass is 10.2. The minimum atomic E-state index is -1.33. The molecule has 0 aromatic carbocycles. The van der Waals surface area contributed by atoms with Crippen LogP contribution in [0.3, 0.4) is 0 Å². The summed E-state index contributed by atoms with van der Waals surface area (Å²) in [6, 6.07) is 0.320. The quantitative estimate of drug-likeness (QED) is 0.716. The Morgan fingerprint density at radius 1 is 1.52 bits per heavy atom. The number of aliphatic carboxylic acids is 1. The number of fused-ring (bicyclic) bond motifs is 1. The van der Waals surface area contributed by atoms with Gasteiger partial charge in [-0.3, -0.25) is 14.3 Å². The summed E-state index contributed by atoms with van der Waals surface area (Å²) in [5.41, 5.74) is 5.75. The fourth-order valence-corrected chi connectivity index (χ4v) is 2.97. The number of carboxylic acids is 1. The molecule has 2 amide bonds. The van der Waals surface area contributed by atoms with Gasteiger partial charge in [-0.15, -0.1) is 11.3 Å². The number of nitrogens with zero attached hydrogens (tertiary/aromatic N) is 2. The zero-order valence-corrected chi connectivity index (χ0v) is 12.2. The summed E-state index contributed by atoms with van der Waals surface area (Å²) in [6.07, 6.45) is -0.452. The number of carboxylic acid groups (broad SMARTS) is 1. The summed E-state index contributed by atoms with van der Waals surface area (Å²) >= 11 is 1.20. The van der Waals surface area contributed by atoms with Gasteiger partial charge in [-0.05, 0) is 13.0 Å². The SMILES string of the molecule is Cc1nn(C)c2sc(C(=O)N[C@H](CC(N)=O)C(=O)O)cc12. The number of thiophene rings is 1. The van der Waals surface area contributed by atoms with Gasteiger partial charge in [0.1, 0.15) is 10.9 Å². The highest BCUT2D eigenvalue weighted by Crippen LogP contribution is 2.27. The molecule has 0 radical (unpaired) electrons. The van der Waals surface area contributed by atoms with E-state index in [9.17, 15) is 14.4 Å². The molecule has 21 heavy (non-hydrogen) atoms. The Morgan fingerprint density at radius 3 is 2.71 bits per heavy atom. The molecule has 0 spiro atoms. The van der Waals surface area contributed by atoms with E-state index in [1.54, 1.807) is 17.8 Å². The lowest BCUT2D eigenvalue weighted by molar-refractivity contribution is -0.140. The molecule has 0 saturated heterocycles. The summed E-state index contributed by atoms with van der Waals surface area (Å²) < 4.78 is 1.66. The lowest BCUT2D eigenvalue weighted by Crippen LogP contribution is -2.43. The van der Waals surface area contributed by atoms with E-state index < -0.39 is 30.2 Å². The van der Waals surface area contributed by atoms with Crippen molar-refractivity contribution in [2.75, 3.05) is 0 Å². The summed E-state index contributed by atoms with van der Waals surface area (Å²) in [7, 11) is 1.76. The number of hydrogen-bond donors (Lipinski definition) is 3. The third kappa shape index (κ3) is 3.02. The Balaban J connectivity index is 2.23. The number of carbonyl (C=O) groups excluding carboxylic acids is 2. The van der Waals surface area contributed by atoms with Crippen molar-refractivity contribution in [2.24, 2.45) is 12.8 Å². The van der Waals surface area contributed by atoms with Crippen LogP contribution in [0.15, 0.2) is 6.07 Å². The molecule has 0 aliphatic carbocycles. The molecule has 0 unspecified atom stereocenters. The van der Waals surface area contributed by atoms with Crippen LogP contribution < -0.4 is 11.1 Å². The summed E-state index contributed by atoms with van der Waals surface area (Å²) in [5.74, 6) is -2.65. The molecule has 2 rings (SSSR count). The predicted octanol–water partition coefficient (Wildman–Crippen LogP) is 0.00162. The van der Waals surface area contributed by atoms with E-state index in [2.05, 4.69) is 10.4 Å². The van der Waals surface area contributed by atoms with Crippen LogP contribution >= 0.6 is 11.3 Å². The van der Waals surface area contributed by atoms with Gasteiger partial charge in [-0.1, -0.05) is 0 Å². The van der Waals surface area contributed by atoms with Gasteiger partial charge in [0.05, 0.1) is 17.0 Å². The molecular formula is C12H14N4O4S. The average Bonchev–Trinajstić information content (AvgIpc) is 2.91. The molecule has 8 nitrogen and oxygen atoms in total.